The van der Waals surface area contributed by atoms with Gasteiger partial charge in [0.1, 0.15) is 15.9 Å². The Morgan fingerprint density at radius 3 is 2.57 bits per heavy atom. The van der Waals surface area contributed by atoms with Crippen molar-refractivity contribution in [2.24, 2.45) is 0 Å². The van der Waals surface area contributed by atoms with Crippen LogP contribution in [0.1, 0.15) is 29.4 Å². The number of amides is 2. The zero-order chi connectivity index (χ0) is 20.1. The van der Waals surface area contributed by atoms with Crippen molar-refractivity contribution >= 4 is 40.4 Å². The number of pyridine rings is 1. The van der Waals surface area contributed by atoms with Crippen molar-refractivity contribution in [3.05, 3.63) is 64.4 Å². The zero-order valence-electron chi connectivity index (χ0n) is 15.5. The van der Waals surface area contributed by atoms with Crippen molar-refractivity contribution in [2.75, 3.05) is 11.9 Å². The van der Waals surface area contributed by atoms with Gasteiger partial charge in [0.05, 0.1) is 0 Å². The number of nitrogens with one attached hydrogen (secondary N) is 1. The lowest BCUT2D eigenvalue weighted by atomic mass is 10.2. The van der Waals surface area contributed by atoms with Crippen LogP contribution in [0, 0.1) is 0 Å². The molecule has 2 heterocycles. The standard InChI is InChI=1S/C20H19ClN4O2S/c1-3-18(26)25(2)15-7-5-14(6-8-15)20-24-16(12-28-20)19(27)23-11-13-4-9-17(21)22-10-13/h4-10,12H,3,11H2,1-2H3,(H,23,27). The number of carbonyl (C=O) groups excluding carboxylic acids is 2. The minimum absolute atomic E-state index is 0.0526. The molecule has 144 valence electrons. The van der Waals surface area contributed by atoms with Crippen molar-refractivity contribution in [1.29, 1.82) is 0 Å². The van der Waals surface area contributed by atoms with Crippen LogP contribution in [-0.2, 0) is 11.3 Å². The van der Waals surface area contributed by atoms with E-state index in [0.717, 1.165) is 21.8 Å². The number of hydrogen-bond acceptors (Lipinski definition) is 5. The van der Waals surface area contributed by atoms with Crippen LogP contribution in [0.15, 0.2) is 48.0 Å². The van der Waals surface area contributed by atoms with Gasteiger partial charge < -0.3 is 10.2 Å². The molecule has 0 saturated heterocycles. The zero-order valence-corrected chi connectivity index (χ0v) is 17.0. The number of benzene rings is 1. The molecule has 0 aliphatic heterocycles. The van der Waals surface area contributed by atoms with E-state index in [2.05, 4.69) is 15.3 Å². The van der Waals surface area contributed by atoms with Crippen LogP contribution in [0.25, 0.3) is 10.6 Å². The first-order valence-corrected chi connectivity index (χ1v) is 9.95. The number of hydrogen-bond donors (Lipinski definition) is 1. The molecule has 0 radical (unpaired) electrons. The van der Waals surface area contributed by atoms with E-state index in [0.29, 0.717) is 23.8 Å². The smallest absolute Gasteiger partial charge is 0.271 e. The van der Waals surface area contributed by atoms with Crippen molar-refractivity contribution < 1.29 is 9.59 Å². The Morgan fingerprint density at radius 2 is 1.93 bits per heavy atom. The van der Waals surface area contributed by atoms with E-state index in [9.17, 15) is 9.59 Å². The summed E-state index contributed by atoms with van der Waals surface area (Å²) in [5.41, 5.74) is 2.94. The largest absolute Gasteiger partial charge is 0.347 e. The van der Waals surface area contributed by atoms with Gasteiger partial charge in [0.2, 0.25) is 5.91 Å². The molecular formula is C20H19ClN4O2S. The summed E-state index contributed by atoms with van der Waals surface area (Å²) in [4.78, 5) is 34.1. The first kappa shape index (κ1) is 20.0. The molecule has 2 aromatic heterocycles. The summed E-state index contributed by atoms with van der Waals surface area (Å²) in [6, 6.07) is 11.0. The number of halogens is 1. The predicted molar refractivity (Wildman–Crippen MR) is 112 cm³/mol. The molecule has 0 spiro atoms. The molecule has 0 atom stereocenters. The summed E-state index contributed by atoms with van der Waals surface area (Å²) in [5.74, 6) is -0.195. The van der Waals surface area contributed by atoms with E-state index in [-0.39, 0.29) is 11.8 Å². The fourth-order valence-electron chi connectivity index (χ4n) is 2.50. The van der Waals surface area contributed by atoms with Crippen LogP contribution in [0.4, 0.5) is 5.69 Å². The summed E-state index contributed by atoms with van der Waals surface area (Å²) < 4.78 is 0. The molecule has 0 aliphatic carbocycles. The Hall–Kier alpha value is -2.77. The SMILES string of the molecule is CCC(=O)N(C)c1ccc(-c2nc(C(=O)NCc3ccc(Cl)nc3)cs2)cc1. The Morgan fingerprint density at radius 1 is 1.18 bits per heavy atom. The van der Waals surface area contributed by atoms with Gasteiger partial charge in [-0.25, -0.2) is 9.97 Å². The fraction of sp³-hybridized carbons (Fsp3) is 0.200. The number of thiazole rings is 1. The maximum absolute atomic E-state index is 12.3. The van der Waals surface area contributed by atoms with Crippen LogP contribution in [0.5, 0.6) is 0 Å². The Kier molecular flexibility index (Phi) is 6.38. The first-order chi connectivity index (χ1) is 13.5. The van der Waals surface area contributed by atoms with Gasteiger partial charge >= 0.3 is 0 Å². The Labute approximate surface area is 172 Å². The molecule has 0 unspecified atom stereocenters. The lowest BCUT2D eigenvalue weighted by Gasteiger charge is -2.16. The molecule has 1 N–H and O–H groups in total. The quantitative estimate of drug-likeness (QED) is 0.614. The average Bonchev–Trinajstić information content (AvgIpc) is 3.22. The Balaban J connectivity index is 1.65. The third-order valence-corrected chi connectivity index (χ3v) is 5.27. The highest BCUT2D eigenvalue weighted by molar-refractivity contribution is 7.13. The normalized spacial score (nSPS) is 10.5. The second kappa shape index (κ2) is 8.95. The molecule has 0 fully saturated rings. The van der Waals surface area contributed by atoms with Crippen LogP contribution >= 0.6 is 22.9 Å². The summed E-state index contributed by atoms with van der Waals surface area (Å²) in [5, 5.41) is 5.71. The third-order valence-electron chi connectivity index (χ3n) is 4.16. The maximum atomic E-state index is 12.3. The second-order valence-corrected chi connectivity index (χ2v) is 7.31. The fourth-order valence-corrected chi connectivity index (χ4v) is 3.42. The van der Waals surface area contributed by atoms with Gasteiger partial charge in [0, 0.05) is 42.8 Å². The maximum Gasteiger partial charge on any atom is 0.271 e. The molecular weight excluding hydrogens is 396 g/mol. The van der Waals surface area contributed by atoms with Gasteiger partial charge in [-0.1, -0.05) is 24.6 Å². The van der Waals surface area contributed by atoms with E-state index in [1.165, 1.54) is 11.3 Å². The van der Waals surface area contributed by atoms with Crippen molar-refractivity contribution in [3.63, 3.8) is 0 Å². The highest BCUT2D eigenvalue weighted by atomic mass is 35.5. The number of rotatable bonds is 6. The molecule has 0 saturated carbocycles. The molecule has 28 heavy (non-hydrogen) atoms. The van der Waals surface area contributed by atoms with Gasteiger partial charge in [-0.15, -0.1) is 11.3 Å². The van der Waals surface area contributed by atoms with Gasteiger partial charge in [-0.2, -0.15) is 0 Å². The molecule has 6 nitrogen and oxygen atoms in total. The molecule has 3 rings (SSSR count). The molecule has 1 aromatic carbocycles. The van der Waals surface area contributed by atoms with E-state index in [4.69, 9.17) is 11.6 Å². The van der Waals surface area contributed by atoms with Crippen molar-refractivity contribution in [1.82, 2.24) is 15.3 Å². The molecule has 2 amide bonds. The molecule has 0 aliphatic rings. The number of aromatic nitrogens is 2. The number of anilines is 1. The molecule has 3 aromatic rings. The molecule has 8 heteroatoms. The number of carbonyl (C=O) groups is 2. The lowest BCUT2D eigenvalue weighted by Crippen LogP contribution is -2.24. The van der Waals surface area contributed by atoms with Crippen LogP contribution in [0.2, 0.25) is 5.15 Å². The topological polar surface area (TPSA) is 75.2 Å². The number of nitrogens with zero attached hydrogens (tertiary/aromatic N) is 3. The highest BCUT2D eigenvalue weighted by Gasteiger charge is 2.13. The summed E-state index contributed by atoms with van der Waals surface area (Å²) in [6.07, 6.45) is 2.08. The van der Waals surface area contributed by atoms with Gasteiger partial charge in [-0.3, -0.25) is 9.59 Å². The minimum atomic E-state index is -0.248. The third kappa shape index (κ3) is 4.74. The monoisotopic (exact) mass is 414 g/mol. The summed E-state index contributed by atoms with van der Waals surface area (Å²) in [7, 11) is 1.75. The van der Waals surface area contributed by atoms with Crippen molar-refractivity contribution in [3.8, 4) is 10.6 Å². The lowest BCUT2D eigenvalue weighted by molar-refractivity contribution is -0.118. The van der Waals surface area contributed by atoms with E-state index >= 15 is 0 Å². The van der Waals surface area contributed by atoms with Crippen LogP contribution in [0.3, 0.4) is 0 Å². The predicted octanol–water partition coefficient (Wildman–Crippen LogP) is 4.16. The van der Waals surface area contributed by atoms with Gasteiger partial charge in [0.25, 0.3) is 5.91 Å². The van der Waals surface area contributed by atoms with Crippen LogP contribution < -0.4 is 10.2 Å². The van der Waals surface area contributed by atoms with Gasteiger partial charge in [0.15, 0.2) is 0 Å². The van der Waals surface area contributed by atoms with E-state index in [1.54, 1.807) is 29.6 Å². The van der Waals surface area contributed by atoms with E-state index in [1.807, 2.05) is 37.3 Å². The molecule has 0 bridgehead atoms. The highest BCUT2D eigenvalue weighted by Crippen LogP contribution is 2.26. The summed E-state index contributed by atoms with van der Waals surface area (Å²) in [6.45, 7) is 2.18. The minimum Gasteiger partial charge on any atom is -0.347 e. The van der Waals surface area contributed by atoms with Crippen molar-refractivity contribution in [2.45, 2.75) is 19.9 Å². The Bertz CT molecular complexity index is 971. The summed E-state index contributed by atoms with van der Waals surface area (Å²) >= 11 is 7.15. The van der Waals surface area contributed by atoms with Crippen LogP contribution in [-0.4, -0.2) is 28.8 Å². The van der Waals surface area contributed by atoms with Gasteiger partial charge in [-0.05, 0) is 35.9 Å². The van der Waals surface area contributed by atoms with E-state index < -0.39 is 0 Å². The first-order valence-electron chi connectivity index (χ1n) is 8.69. The second-order valence-electron chi connectivity index (χ2n) is 6.06. The average molecular weight is 415 g/mol.